The molecule has 0 aromatic heterocycles. The Kier molecular flexibility index (Phi) is 8.71. The summed E-state index contributed by atoms with van der Waals surface area (Å²) in [5.74, 6) is 0.192. The lowest BCUT2D eigenvalue weighted by Crippen LogP contribution is -2.49. The molecule has 1 atom stereocenters. The molecule has 0 saturated carbocycles. The highest BCUT2D eigenvalue weighted by Gasteiger charge is 2.26. The van der Waals surface area contributed by atoms with E-state index in [1.165, 1.54) is 0 Å². The zero-order chi connectivity index (χ0) is 21.6. The zero-order valence-corrected chi connectivity index (χ0v) is 20.3. The van der Waals surface area contributed by atoms with Crippen LogP contribution < -0.4 is 10.1 Å². The zero-order valence-electron chi connectivity index (χ0n) is 17.1. The average Bonchev–Trinajstić information content (AvgIpc) is 2.68. The van der Waals surface area contributed by atoms with Crippen LogP contribution in [0.25, 0.3) is 0 Å². The first-order valence-corrected chi connectivity index (χ1v) is 11.0. The van der Waals surface area contributed by atoms with Gasteiger partial charge in [0.2, 0.25) is 5.91 Å². The molecule has 0 radical (unpaired) electrons. The number of likely N-dealkylation sites (N-methyl/N-ethyl adjacent to an activating group) is 1. The van der Waals surface area contributed by atoms with Gasteiger partial charge in [0, 0.05) is 22.0 Å². The molecule has 2 aromatic rings. The molecule has 0 aliphatic carbocycles. The van der Waals surface area contributed by atoms with E-state index in [1.807, 2.05) is 57.2 Å². The van der Waals surface area contributed by atoms with E-state index < -0.39 is 6.04 Å². The van der Waals surface area contributed by atoms with Crippen molar-refractivity contribution in [3.8, 4) is 5.75 Å². The first-order chi connectivity index (χ1) is 13.7. The number of halogens is 2. The van der Waals surface area contributed by atoms with Crippen molar-refractivity contribution in [1.29, 1.82) is 0 Å². The van der Waals surface area contributed by atoms with Gasteiger partial charge in [0.25, 0.3) is 5.91 Å². The number of hydrogen-bond donors (Lipinski definition) is 1. The van der Waals surface area contributed by atoms with Crippen LogP contribution in [0.2, 0.25) is 0 Å². The average molecular weight is 526 g/mol. The second-order valence-corrected chi connectivity index (χ2v) is 8.59. The van der Waals surface area contributed by atoms with Crippen LogP contribution in [0.3, 0.4) is 0 Å². The second-order valence-electron chi connectivity index (χ2n) is 6.88. The topological polar surface area (TPSA) is 58.6 Å². The van der Waals surface area contributed by atoms with Crippen LogP contribution in [0.15, 0.2) is 45.3 Å². The van der Waals surface area contributed by atoms with Crippen LogP contribution in [0.4, 0.5) is 0 Å². The standard InChI is InChI=1S/C22H26Br2N2O3/c1-5-25-22(28)16(4)26(12-17-7-6-8-18(23)11-17)20(27)13-29-19-9-14(2)21(24)15(3)10-19/h6-11,16H,5,12-13H2,1-4H3,(H,25,28)/t16-/m1/s1. The summed E-state index contributed by atoms with van der Waals surface area (Å²) in [5, 5.41) is 2.78. The predicted molar refractivity (Wildman–Crippen MR) is 122 cm³/mol. The molecule has 0 saturated heterocycles. The third-order valence-electron chi connectivity index (χ3n) is 4.53. The number of carbonyl (C=O) groups excluding carboxylic acids is 2. The van der Waals surface area contributed by atoms with Crippen molar-refractivity contribution in [2.45, 2.75) is 40.3 Å². The maximum Gasteiger partial charge on any atom is 0.261 e. The van der Waals surface area contributed by atoms with Gasteiger partial charge in [-0.05, 0) is 68.7 Å². The third kappa shape index (κ3) is 6.57. The molecular formula is C22H26Br2N2O3. The second kappa shape index (κ2) is 10.8. The monoisotopic (exact) mass is 524 g/mol. The fourth-order valence-corrected chi connectivity index (χ4v) is 3.63. The van der Waals surface area contributed by atoms with Crippen molar-refractivity contribution in [2.24, 2.45) is 0 Å². The van der Waals surface area contributed by atoms with Gasteiger partial charge < -0.3 is 15.0 Å². The highest BCUT2D eigenvalue weighted by atomic mass is 79.9. The maximum atomic E-state index is 13.0. The minimum Gasteiger partial charge on any atom is -0.484 e. The Morgan fingerprint density at radius 1 is 1.14 bits per heavy atom. The van der Waals surface area contributed by atoms with E-state index in [0.717, 1.165) is 25.6 Å². The summed E-state index contributed by atoms with van der Waals surface area (Å²) in [6.45, 7) is 8.22. The Morgan fingerprint density at radius 3 is 2.38 bits per heavy atom. The van der Waals surface area contributed by atoms with E-state index in [1.54, 1.807) is 11.8 Å². The molecule has 2 amide bonds. The molecule has 0 heterocycles. The lowest BCUT2D eigenvalue weighted by molar-refractivity contribution is -0.142. The van der Waals surface area contributed by atoms with E-state index in [9.17, 15) is 9.59 Å². The number of amides is 2. The molecule has 0 fully saturated rings. The molecule has 7 heteroatoms. The van der Waals surface area contributed by atoms with Crippen LogP contribution in [-0.2, 0) is 16.1 Å². The minimum absolute atomic E-state index is 0.141. The van der Waals surface area contributed by atoms with Crippen LogP contribution in [0, 0.1) is 13.8 Å². The molecule has 1 N–H and O–H groups in total. The number of nitrogens with one attached hydrogen (secondary N) is 1. The molecular weight excluding hydrogens is 500 g/mol. The normalized spacial score (nSPS) is 11.7. The van der Waals surface area contributed by atoms with Crippen molar-refractivity contribution in [2.75, 3.05) is 13.2 Å². The number of rotatable bonds is 8. The van der Waals surface area contributed by atoms with Crippen molar-refractivity contribution >= 4 is 43.7 Å². The fourth-order valence-electron chi connectivity index (χ4n) is 2.95. The highest BCUT2D eigenvalue weighted by molar-refractivity contribution is 9.10. The van der Waals surface area contributed by atoms with Gasteiger partial charge in [0.1, 0.15) is 11.8 Å². The van der Waals surface area contributed by atoms with Gasteiger partial charge in [-0.15, -0.1) is 0 Å². The maximum absolute atomic E-state index is 13.0. The largest absolute Gasteiger partial charge is 0.484 e. The van der Waals surface area contributed by atoms with Crippen molar-refractivity contribution in [1.82, 2.24) is 10.2 Å². The summed E-state index contributed by atoms with van der Waals surface area (Å²) in [4.78, 5) is 26.9. The summed E-state index contributed by atoms with van der Waals surface area (Å²) in [6.07, 6.45) is 0. The molecule has 0 unspecified atom stereocenters. The number of nitrogens with zero attached hydrogens (tertiary/aromatic N) is 1. The minimum atomic E-state index is -0.613. The van der Waals surface area contributed by atoms with E-state index >= 15 is 0 Å². The number of ether oxygens (including phenoxy) is 1. The lowest BCUT2D eigenvalue weighted by Gasteiger charge is -2.28. The Balaban J connectivity index is 2.18. The van der Waals surface area contributed by atoms with Gasteiger partial charge in [0.15, 0.2) is 6.61 Å². The number of hydrogen-bond acceptors (Lipinski definition) is 3. The van der Waals surface area contributed by atoms with Gasteiger partial charge in [-0.25, -0.2) is 0 Å². The summed E-state index contributed by atoms with van der Waals surface area (Å²) in [5.41, 5.74) is 3.00. The quantitative estimate of drug-likeness (QED) is 0.540. The molecule has 2 aromatic carbocycles. The fraction of sp³-hybridized carbons (Fsp3) is 0.364. The SMILES string of the molecule is CCNC(=O)[C@@H](C)N(Cc1cccc(Br)c1)C(=O)COc1cc(C)c(Br)c(C)c1. The Labute approximate surface area is 189 Å². The van der Waals surface area contributed by atoms with Gasteiger partial charge in [0.05, 0.1) is 0 Å². The van der Waals surface area contributed by atoms with E-state index in [-0.39, 0.29) is 18.4 Å². The first-order valence-electron chi connectivity index (χ1n) is 9.44. The molecule has 0 aliphatic heterocycles. The van der Waals surface area contributed by atoms with E-state index in [2.05, 4.69) is 37.2 Å². The van der Waals surface area contributed by atoms with Crippen molar-refractivity contribution in [3.63, 3.8) is 0 Å². The lowest BCUT2D eigenvalue weighted by atomic mass is 10.1. The Hall–Kier alpha value is -1.86. The van der Waals surface area contributed by atoms with Crippen LogP contribution in [0.1, 0.15) is 30.5 Å². The molecule has 0 bridgehead atoms. The van der Waals surface area contributed by atoms with Crippen LogP contribution in [0.5, 0.6) is 5.75 Å². The predicted octanol–water partition coefficient (Wildman–Crippen LogP) is 4.76. The number of carbonyl (C=O) groups is 2. The molecule has 29 heavy (non-hydrogen) atoms. The Morgan fingerprint density at radius 2 is 1.79 bits per heavy atom. The summed E-state index contributed by atoms with van der Waals surface area (Å²) in [7, 11) is 0. The molecule has 2 rings (SSSR count). The molecule has 156 valence electrons. The van der Waals surface area contributed by atoms with Gasteiger partial charge in [-0.3, -0.25) is 9.59 Å². The van der Waals surface area contributed by atoms with E-state index in [4.69, 9.17) is 4.74 Å². The molecule has 0 spiro atoms. The van der Waals surface area contributed by atoms with Gasteiger partial charge in [-0.2, -0.15) is 0 Å². The summed E-state index contributed by atoms with van der Waals surface area (Å²) < 4.78 is 7.71. The smallest absolute Gasteiger partial charge is 0.261 e. The van der Waals surface area contributed by atoms with E-state index in [0.29, 0.717) is 18.8 Å². The highest BCUT2D eigenvalue weighted by Crippen LogP contribution is 2.26. The van der Waals surface area contributed by atoms with Gasteiger partial charge in [-0.1, -0.05) is 44.0 Å². The van der Waals surface area contributed by atoms with Crippen LogP contribution >= 0.6 is 31.9 Å². The third-order valence-corrected chi connectivity index (χ3v) is 6.28. The summed E-state index contributed by atoms with van der Waals surface area (Å²) in [6, 6.07) is 10.8. The number of benzene rings is 2. The van der Waals surface area contributed by atoms with Crippen molar-refractivity contribution in [3.05, 3.63) is 62.0 Å². The first kappa shape index (κ1) is 23.4. The summed E-state index contributed by atoms with van der Waals surface area (Å²) >= 11 is 6.98. The molecule has 5 nitrogen and oxygen atoms in total. The molecule has 0 aliphatic rings. The van der Waals surface area contributed by atoms with Crippen LogP contribution in [-0.4, -0.2) is 35.9 Å². The Bertz CT molecular complexity index is 863. The van der Waals surface area contributed by atoms with Gasteiger partial charge >= 0.3 is 0 Å². The number of aryl methyl sites for hydroxylation is 2. The van der Waals surface area contributed by atoms with Crippen molar-refractivity contribution < 1.29 is 14.3 Å².